The molecule has 0 spiro atoms. The van der Waals surface area contributed by atoms with Crippen molar-refractivity contribution >= 4 is 21.6 Å². The molecular weight excluding hydrogens is 325 g/mol. The summed E-state index contributed by atoms with van der Waals surface area (Å²) in [4.78, 5) is 0. The van der Waals surface area contributed by atoms with Crippen LogP contribution < -0.4 is 10.1 Å². The molecule has 2 rings (SSSR count). The summed E-state index contributed by atoms with van der Waals surface area (Å²) in [6.45, 7) is 1.89. The first-order valence-corrected chi connectivity index (χ1v) is 6.88. The van der Waals surface area contributed by atoms with Crippen LogP contribution in [0.2, 0.25) is 0 Å². The maximum absolute atomic E-state index is 13.0. The highest BCUT2D eigenvalue weighted by Crippen LogP contribution is 2.30. The molecule has 0 aliphatic rings. The molecule has 0 heterocycles. The number of aromatic hydroxyl groups is 1. The summed E-state index contributed by atoms with van der Waals surface area (Å²) in [5.41, 5.74) is 1.47. The molecule has 20 heavy (non-hydrogen) atoms. The summed E-state index contributed by atoms with van der Waals surface area (Å²) in [6.07, 6.45) is 0. The summed E-state index contributed by atoms with van der Waals surface area (Å²) in [6, 6.07) is 9.43. The maximum Gasteiger partial charge on any atom is 0.126 e. The van der Waals surface area contributed by atoms with Gasteiger partial charge in [0.1, 0.15) is 17.3 Å². The Balaban J connectivity index is 2.22. The number of hydrogen-bond acceptors (Lipinski definition) is 3. The Bertz CT molecular complexity index is 619. The van der Waals surface area contributed by atoms with Gasteiger partial charge in [0, 0.05) is 27.9 Å². The Morgan fingerprint density at radius 3 is 2.65 bits per heavy atom. The third-order valence-electron chi connectivity index (χ3n) is 2.95. The van der Waals surface area contributed by atoms with Crippen LogP contribution >= 0.6 is 15.9 Å². The van der Waals surface area contributed by atoms with E-state index in [1.807, 2.05) is 25.1 Å². The van der Waals surface area contributed by atoms with E-state index in [-0.39, 0.29) is 11.8 Å². The highest BCUT2D eigenvalue weighted by atomic mass is 79.9. The van der Waals surface area contributed by atoms with E-state index >= 15 is 0 Å². The number of halogens is 2. The van der Waals surface area contributed by atoms with Crippen molar-refractivity contribution < 1.29 is 14.2 Å². The van der Waals surface area contributed by atoms with E-state index in [4.69, 9.17) is 4.74 Å². The highest BCUT2D eigenvalue weighted by Gasteiger charge is 2.11. The Morgan fingerprint density at radius 1 is 1.25 bits per heavy atom. The first kappa shape index (κ1) is 14.7. The molecule has 0 radical (unpaired) electrons. The van der Waals surface area contributed by atoms with Gasteiger partial charge in [0.2, 0.25) is 0 Å². The van der Waals surface area contributed by atoms with Crippen LogP contribution in [0.15, 0.2) is 40.9 Å². The van der Waals surface area contributed by atoms with Crippen molar-refractivity contribution in [1.29, 1.82) is 0 Å². The molecule has 0 aliphatic carbocycles. The van der Waals surface area contributed by atoms with Gasteiger partial charge >= 0.3 is 0 Å². The molecule has 0 fully saturated rings. The SMILES string of the molecule is COc1cc(Br)cc(NC(C)c2ccc(F)cc2O)c1. The van der Waals surface area contributed by atoms with Gasteiger partial charge in [-0.05, 0) is 25.1 Å². The third-order valence-corrected chi connectivity index (χ3v) is 3.41. The fraction of sp³-hybridized carbons (Fsp3) is 0.200. The molecule has 2 aromatic carbocycles. The quantitative estimate of drug-likeness (QED) is 0.863. The third kappa shape index (κ3) is 3.42. The van der Waals surface area contributed by atoms with Crippen molar-refractivity contribution in [3.8, 4) is 11.5 Å². The van der Waals surface area contributed by atoms with Gasteiger partial charge in [-0.3, -0.25) is 0 Å². The van der Waals surface area contributed by atoms with E-state index in [9.17, 15) is 9.50 Å². The average Bonchev–Trinajstić information content (AvgIpc) is 2.37. The minimum atomic E-state index is -0.456. The van der Waals surface area contributed by atoms with Crippen LogP contribution in [0, 0.1) is 5.82 Å². The van der Waals surface area contributed by atoms with Crippen LogP contribution in [0.5, 0.6) is 11.5 Å². The topological polar surface area (TPSA) is 41.5 Å². The molecule has 0 amide bonds. The van der Waals surface area contributed by atoms with Crippen LogP contribution in [0.3, 0.4) is 0 Å². The van der Waals surface area contributed by atoms with Gasteiger partial charge in [-0.25, -0.2) is 4.39 Å². The predicted octanol–water partition coefficient (Wildman–Crippen LogP) is 4.48. The molecule has 0 saturated carbocycles. The second-order valence-corrected chi connectivity index (χ2v) is 5.36. The molecule has 5 heteroatoms. The van der Waals surface area contributed by atoms with E-state index in [0.717, 1.165) is 22.0 Å². The molecular formula is C15H15BrFNO2. The van der Waals surface area contributed by atoms with Crippen LogP contribution in [-0.2, 0) is 0 Å². The minimum absolute atomic E-state index is 0.0630. The number of phenols is 1. The predicted molar refractivity (Wildman–Crippen MR) is 80.8 cm³/mol. The molecule has 0 bridgehead atoms. The summed E-state index contributed by atoms with van der Waals surface area (Å²) in [5.74, 6) is 0.201. The summed E-state index contributed by atoms with van der Waals surface area (Å²) in [5, 5.41) is 13.0. The number of phenolic OH excluding ortho intramolecular Hbond substituents is 1. The van der Waals surface area contributed by atoms with E-state index in [0.29, 0.717) is 5.56 Å². The Labute approximate surface area is 125 Å². The molecule has 0 aromatic heterocycles. The summed E-state index contributed by atoms with van der Waals surface area (Å²) in [7, 11) is 1.60. The first-order chi connectivity index (χ1) is 9.49. The maximum atomic E-state index is 13.0. The Morgan fingerprint density at radius 2 is 2.00 bits per heavy atom. The molecule has 2 aromatic rings. The molecule has 0 aliphatic heterocycles. The highest BCUT2D eigenvalue weighted by molar-refractivity contribution is 9.10. The zero-order valence-electron chi connectivity index (χ0n) is 11.2. The largest absolute Gasteiger partial charge is 0.507 e. The number of anilines is 1. The van der Waals surface area contributed by atoms with Crippen molar-refractivity contribution in [1.82, 2.24) is 0 Å². The van der Waals surface area contributed by atoms with E-state index in [1.54, 1.807) is 13.2 Å². The van der Waals surface area contributed by atoms with Gasteiger partial charge in [0.05, 0.1) is 13.2 Å². The number of hydrogen-bond donors (Lipinski definition) is 2. The number of rotatable bonds is 4. The van der Waals surface area contributed by atoms with Gasteiger partial charge in [0.15, 0.2) is 0 Å². The number of ether oxygens (including phenoxy) is 1. The van der Waals surface area contributed by atoms with Gasteiger partial charge in [-0.15, -0.1) is 0 Å². The zero-order valence-corrected chi connectivity index (χ0v) is 12.7. The second-order valence-electron chi connectivity index (χ2n) is 4.45. The van der Waals surface area contributed by atoms with E-state index < -0.39 is 5.82 Å². The molecule has 106 valence electrons. The Hall–Kier alpha value is -1.75. The normalized spacial score (nSPS) is 12.0. The fourth-order valence-corrected chi connectivity index (χ4v) is 2.45. The second kappa shape index (κ2) is 6.13. The first-order valence-electron chi connectivity index (χ1n) is 6.09. The van der Waals surface area contributed by atoms with Crippen LogP contribution in [0.4, 0.5) is 10.1 Å². The van der Waals surface area contributed by atoms with Crippen LogP contribution in [0.1, 0.15) is 18.5 Å². The molecule has 1 atom stereocenters. The zero-order chi connectivity index (χ0) is 14.7. The molecule has 2 N–H and O–H groups in total. The van der Waals surface area contributed by atoms with Crippen molar-refractivity contribution in [2.24, 2.45) is 0 Å². The molecule has 0 saturated heterocycles. The number of nitrogens with one attached hydrogen (secondary N) is 1. The Kier molecular flexibility index (Phi) is 4.49. The van der Waals surface area contributed by atoms with Gasteiger partial charge in [0.25, 0.3) is 0 Å². The van der Waals surface area contributed by atoms with Gasteiger partial charge < -0.3 is 15.2 Å². The van der Waals surface area contributed by atoms with Crippen molar-refractivity contribution in [2.75, 3.05) is 12.4 Å². The van der Waals surface area contributed by atoms with Gasteiger partial charge in [-0.1, -0.05) is 22.0 Å². The summed E-state index contributed by atoms with van der Waals surface area (Å²) < 4.78 is 19.1. The van der Waals surface area contributed by atoms with Crippen molar-refractivity contribution in [3.05, 3.63) is 52.3 Å². The standard InChI is InChI=1S/C15H15BrFNO2/c1-9(14-4-3-11(17)7-15(14)19)18-12-5-10(16)6-13(8-12)20-2/h3-9,18-19H,1-2H3. The minimum Gasteiger partial charge on any atom is -0.507 e. The monoisotopic (exact) mass is 339 g/mol. The average molecular weight is 340 g/mol. The lowest BCUT2D eigenvalue weighted by Gasteiger charge is -2.17. The van der Waals surface area contributed by atoms with E-state index in [2.05, 4.69) is 21.2 Å². The number of methoxy groups -OCH3 is 1. The lowest BCUT2D eigenvalue weighted by atomic mass is 10.1. The van der Waals surface area contributed by atoms with Crippen LogP contribution in [0.25, 0.3) is 0 Å². The lowest BCUT2D eigenvalue weighted by molar-refractivity contribution is 0.414. The number of benzene rings is 2. The van der Waals surface area contributed by atoms with Crippen LogP contribution in [-0.4, -0.2) is 12.2 Å². The van der Waals surface area contributed by atoms with E-state index in [1.165, 1.54) is 6.07 Å². The van der Waals surface area contributed by atoms with Crippen molar-refractivity contribution in [2.45, 2.75) is 13.0 Å². The van der Waals surface area contributed by atoms with Crippen molar-refractivity contribution in [3.63, 3.8) is 0 Å². The lowest BCUT2D eigenvalue weighted by Crippen LogP contribution is -2.07. The van der Waals surface area contributed by atoms with Gasteiger partial charge in [-0.2, -0.15) is 0 Å². The molecule has 1 unspecified atom stereocenters. The molecule has 3 nitrogen and oxygen atoms in total. The summed E-state index contributed by atoms with van der Waals surface area (Å²) >= 11 is 3.41. The smallest absolute Gasteiger partial charge is 0.126 e. The fourth-order valence-electron chi connectivity index (χ4n) is 1.97.